The number of aromatic nitrogens is 1. The van der Waals surface area contributed by atoms with Gasteiger partial charge in [-0.15, -0.1) is 35.3 Å². The van der Waals surface area contributed by atoms with Gasteiger partial charge in [0.05, 0.1) is 23.9 Å². The van der Waals surface area contributed by atoms with E-state index in [4.69, 9.17) is 14.5 Å². The van der Waals surface area contributed by atoms with Crippen molar-refractivity contribution in [2.75, 3.05) is 31.6 Å². The van der Waals surface area contributed by atoms with Crippen molar-refractivity contribution in [3.05, 3.63) is 33.8 Å². The highest BCUT2D eigenvalue weighted by atomic mass is 127. The van der Waals surface area contributed by atoms with Crippen LogP contribution in [0.1, 0.15) is 35.8 Å². The molecule has 0 radical (unpaired) electrons. The summed E-state index contributed by atoms with van der Waals surface area (Å²) in [5, 5.41) is 7.79. The zero-order valence-electron chi connectivity index (χ0n) is 16.7. The molecule has 1 aliphatic rings. The lowest BCUT2D eigenvalue weighted by atomic mass is 10.3. The number of aliphatic imine (C=N–C) groups is 1. The van der Waals surface area contributed by atoms with Gasteiger partial charge in [0.15, 0.2) is 17.5 Å². The lowest BCUT2D eigenvalue weighted by molar-refractivity contribution is 0.297. The molecule has 0 saturated carbocycles. The van der Waals surface area contributed by atoms with E-state index in [0.717, 1.165) is 54.0 Å². The van der Waals surface area contributed by atoms with Gasteiger partial charge in [-0.3, -0.25) is 4.99 Å². The number of fused-ring (bicyclic) bond motifs is 1. The molecule has 154 valence electrons. The second kappa shape index (κ2) is 11.5. The molecule has 0 saturated heterocycles. The van der Waals surface area contributed by atoms with E-state index in [9.17, 15) is 0 Å². The highest BCUT2D eigenvalue weighted by Gasteiger charge is 2.11. The van der Waals surface area contributed by atoms with Crippen molar-refractivity contribution in [3.8, 4) is 11.5 Å². The van der Waals surface area contributed by atoms with E-state index in [-0.39, 0.29) is 24.0 Å². The number of hydrogen-bond donors (Lipinski definition) is 2. The predicted molar refractivity (Wildman–Crippen MR) is 127 cm³/mol. The van der Waals surface area contributed by atoms with Crippen LogP contribution < -0.4 is 20.1 Å². The van der Waals surface area contributed by atoms with Gasteiger partial charge in [0.1, 0.15) is 0 Å². The summed E-state index contributed by atoms with van der Waals surface area (Å²) in [6.07, 6.45) is 2.74. The molecular formula is C20H29IN4O2S. The average molecular weight is 516 g/mol. The summed E-state index contributed by atoms with van der Waals surface area (Å²) in [7, 11) is 0. The Bertz CT molecular complexity index is 795. The van der Waals surface area contributed by atoms with Gasteiger partial charge in [-0.25, -0.2) is 4.98 Å². The van der Waals surface area contributed by atoms with E-state index in [1.165, 1.54) is 10.6 Å². The molecule has 28 heavy (non-hydrogen) atoms. The monoisotopic (exact) mass is 516 g/mol. The van der Waals surface area contributed by atoms with Gasteiger partial charge in [0, 0.05) is 42.6 Å². The lowest BCUT2D eigenvalue weighted by Crippen LogP contribution is -2.30. The molecule has 0 atom stereocenters. The Morgan fingerprint density at radius 2 is 2.00 bits per heavy atom. The van der Waals surface area contributed by atoms with Crippen molar-refractivity contribution >= 4 is 47.0 Å². The molecule has 1 aromatic heterocycles. The number of nitrogens with one attached hydrogen (secondary N) is 2. The van der Waals surface area contributed by atoms with Gasteiger partial charge >= 0.3 is 0 Å². The Balaban J connectivity index is 0.00000280. The van der Waals surface area contributed by atoms with Crippen molar-refractivity contribution in [1.82, 2.24) is 10.3 Å². The number of nitrogens with zero attached hydrogens (tertiary/aromatic N) is 2. The first-order chi connectivity index (χ1) is 13.2. The molecule has 2 heterocycles. The van der Waals surface area contributed by atoms with Gasteiger partial charge in [-0.05, 0) is 32.4 Å². The summed E-state index contributed by atoms with van der Waals surface area (Å²) in [6, 6.07) is 5.89. The number of thiazole rings is 1. The van der Waals surface area contributed by atoms with Crippen LogP contribution in [0.3, 0.4) is 0 Å². The highest BCUT2D eigenvalue weighted by molar-refractivity contribution is 14.0. The van der Waals surface area contributed by atoms with Crippen LogP contribution >= 0.6 is 35.3 Å². The van der Waals surface area contributed by atoms with E-state index < -0.39 is 0 Å². The Morgan fingerprint density at radius 1 is 1.21 bits per heavy atom. The van der Waals surface area contributed by atoms with Crippen molar-refractivity contribution in [1.29, 1.82) is 0 Å². The Morgan fingerprint density at radius 3 is 2.71 bits per heavy atom. The normalized spacial score (nSPS) is 13.5. The maximum Gasteiger partial charge on any atom is 0.195 e. The molecule has 8 heteroatoms. The standard InChI is InChI=1S/C20H28N4O2S.HI/c1-4-16-14(3)27-19(24-16)9-10-22-20(21-5-2)23-15-7-8-17-18(13-15)26-12-6-11-25-17;/h7-8,13H,4-6,9-12H2,1-3H3,(H2,21,22,23);1H. The largest absolute Gasteiger partial charge is 0.490 e. The molecule has 1 aromatic carbocycles. The van der Waals surface area contributed by atoms with Crippen LogP contribution in [0.25, 0.3) is 0 Å². The molecule has 0 spiro atoms. The second-order valence-electron chi connectivity index (χ2n) is 6.31. The van der Waals surface area contributed by atoms with E-state index in [0.29, 0.717) is 19.8 Å². The Hall–Kier alpha value is -1.55. The first-order valence-corrected chi connectivity index (χ1v) is 10.4. The quantitative estimate of drug-likeness (QED) is 0.338. The summed E-state index contributed by atoms with van der Waals surface area (Å²) in [5.41, 5.74) is 2.13. The summed E-state index contributed by atoms with van der Waals surface area (Å²) < 4.78 is 11.4. The first-order valence-electron chi connectivity index (χ1n) is 9.59. The van der Waals surface area contributed by atoms with Crippen LogP contribution in [-0.4, -0.2) is 37.2 Å². The van der Waals surface area contributed by atoms with E-state index >= 15 is 0 Å². The molecule has 6 nitrogen and oxygen atoms in total. The number of anilines is 1. The summed E-state index contributed by atoms with van der Waals surface area (Å²) in [5.74, 6) is 2.33. The highest BCUT2D eigenvalue weighted by Crippen LogP contribution is 2.32. The fourth-order valence-electron chi connectivity index (χ4n) is 2.87. The molecule has 3 rings (SSSR count). The molecular weight excluding hydrogens is 487 g/mol. The smallest absolute Gasteiger partial charge is 0.195 e. The fourth-order valence-corrected chi connectivity index (χ4v) is 3.88. The second-order valence-corrected chi connectivity index (χ2v) is 7.60. The van der Waals surface area contributed by atoms with Gasteiger partial charge in [0.2, 0.25) is 0 Å². The zero-order valence-corrected chi connectivity index (χ0v) is 19.9. The summed E-state index contributed by atoms with van der Waals surface area (Å²) in [4.78, 5) is 10.7. The van der Waals surface area contributed by atoms with E-state index in [2.05, 4.69) is 36.4 Å². The molecule has 0 aliphatic carbocycles. The SMILES string of the molecule is CCNC(=NCCc1nc(CC)c(C)s1)Nc1ccc2c(c1)OCCCO2.I. The Kier molecular flexibility index (Phi) is 9.30. The maximum absolute atomic E-state index is 5.76. The van der Waals surface area contributed by atoms with Crippen molar-refractivity contribution in [2.24, 2.45) is 4.99 Å². The van der Waals surface area contributed by atoms with Gasteiger partial charge in [-0.1, -0.05) is 6.92 Å². The topological polar surface area (TPSA) is 67.8 Å². The average Bonchev–Trinajstić information content (AvgIpc) is 2.87. The van der Waals surface area contributed by atoms with Crippen LogP contribution in [-0.2, 0) is 12.8 Å². The minimum atomic E-state index is 0. The van der Waals surface area contributed by atoms with E-state index in [1.807, 2.05) is 18.2 Å². The van der Waals surface area contributed by atoms with Gasteiger partial charge < -0.3 is 20.1 Å². The van der Waals surface area contributed by atoms with Crippen LogP contribution in [0.2, 0.25) is 0 Å². The molecule has 0 amide bonds. The molecule has 0 fully saturated rings. The third kappa shape index (κ3) is 6.23. The van der Waals surface area contributed by atoms with Gasteiger partial charge in [0.25, 0.3) is 0 Å². The molecule has 2 N–H and O–H groups in total. The first kappa shape index (κ1) is 22.7. The zero-order chi connectivity index (χ0) is 19.1. The lowest BCUT2D eigenvalue weighted by Gasteiger charge is -2.13. The van der Waals surface area contributed by atoms with Crippen LogP contribution in [0.5, 0.6) is 11.5 Å². The van der Waals surface area contributed by atoms with Crippen molar-refractivity contribution in [2.45, 2.75) is 40.0 Å². The molecule has 0 bridgehead atoms. The summed E-state index contributed by atoms with van der Waals surface area (Å²) in [6.45, 7) is 9.20. The van der Waals surface area contributed by atoms with Crippen molar-refractivity contribution < 1.29 is 9.47 Å². The maximum atomic E-state index is 5.76. The number of guanidine groups is 1. The fraction of sp³-hybridized carbons (Fsp3) is 0.500. The molecule has 0 unspecified atom stereocenters. The summed E-state index contributed by atoms with van der Waals surface area (Å²) >= 11 is 1.77. The number of rotatable bonds is 6. The number of aryl methyl sites for hydroxylation is 2. The third-order valence-corrected chi connectivity index (χ3v) is 5.29. The minimum absolute atomic E-state index is 0. The van der Waals surface area contributed by atoms with Gasteiger partial charge in [-0.2, -0.15) is 0 Å². The number of halogens is 1. The van der Waals surface area contributed by atoms with Crippen LogP contribution in [0.15, 0.2) is 23.2 Å². The third-order valence-electron chi connectivity index (χ3n) is 4.22. The minimum Gasteiger partial charge on any atom is -0.490 e. The molecule has 2 aromatic rings. The number of ether oxygens (including phenoxy) is 2. The van der Waals surface area contributed by atoms with Crippen LogP contribution in [0, 0.1) is 6.92 Å². The predicted octanol–water partition coefficient (Wildman–Crippen LogP) is 4.41. The molecule has 1 aliphatic heterocycles. The van der Waals surface area contributed by atoms with E-state index in [1.54, 1.807) is 11.3 Å². The van der Waals surface area contributed by atoms with Crippen molar-refractivity contribution in [3.63, 3.8) is 0 Å². The number of benzene rings is 1. The number of hydrogen-bond acceptors (Lipinski definition) is 5. The van der Waals surface area contributed by atoms with Crippen LogP contribution in [0.4, 0.5) is 5.69 Å². The Labute approximate surface area is 188 Å².